The number of aromatic nitrogens is 3. The van der Waals surface area contributed by atoms with Crippen molar-refractivity contribution in [2.45, 2.75) is 0 Å². The number of anilines is 4. The normalized spacial score (nSPS) is 13.8. The van der Waals surface area contributed by atoms with Gasteiger partial charge in [-0.1, -0.05) is 29.8 Å². The number of ether oxygens (including phenoxy) is 1. The second kappa shape index (κ2) is 9.98. The van der Waals surface area contributed by atoms with Crippen molar-refractivity contribution in [3.8, 4) is 0 Å². The molecule has 11 nitrogen and oxygen atoms in total. The van der Waals surface area contributed by atoms with E-state index in [1.165, 1.54) is 24.4 Å². The number of non-ortho nitro benzene ring substituents is 1. The molecule has 0 aliphatic carbocycles. The molecule has 0 bridgehead atoms. The molecule has 0 saturated carbocycles. The minimum atomic E-state index is -0.497. The zero-order valence-corrected chi connectivity index (χ0v) is 17.6. The fourth-order valence-electron chi connectivity index (χ4n) is 2.93. The van der Waals surface area contributed by atoms with Crippen molar-refractivity contribution in [3.05, 3.63) is 69.2 Å². The number of nitro benzene ring substituents is 1. The van der Waals surface area contributed by atoms with E-state index in [9.17, 15) is 10.1 Å². The number of hydrogen-bond donors (Lipinski definition) is 2. The van der Waals surface area contributed by atoms with Gasteiger partial charge in [-0.2, -0.15) is 20.1 Å². The standard InChI is InChI=1S/C20H19ClN8O3/c21-17-7-6-16(29(30)31)12-14(17)13-22-27-19-24-18(23-15-4-2-1-3-5-15)25-20(26-19)28-8-10-32-11-9-28/h1-7,12-13H,8-11H2,(H2,23,24,25,26,27)/b22-13-. The third kappa shape index (κ3) is 5.45. The molecule has 2 heterocycles. The zero-order chi connectivity index (χ0) is 22.3. The summed E-state index contributed by atoms with van der Waals surface area (Å²) in [6, 6.07) is 13.6. The van der Waals surface area contributed by atoms with Gasteiger partial charge in [0.1, 0.15) is 0 Å². The van der Waals surface area contributed by atoms with Crippen LogP contribution in [0.2, 0.25) is 5.02 Å². The van der Waals surface area contributed by atoms with Crippen molar-refractivity contribution >= 4 is 47.0 Å². The Morgan fingerprint density at radius 3 is 2.59 bits per heavy atom. The van der Waals surface area contributed by atoms with E-state index < -0.39 is 4.92 Å². The number of hydrazone groups is 1. The molecule has 0 radical (unpaired) electrons. The first-order valence-electron chi connectivity index (χ1n) is 9.72. The van der Waals surface area contributed by atoms with Gasteiger partial charge in [0.15, 0.2) is 0 Å². The Morgan fingerprint density at radius 1 is 1.09 bits per heavy atom. The number of morpholine rings is 1. The third-order valence-corrected chi connectivity index (χ3v) is 4.85. The van der Waals surface area contributed by atoms with Crippen LogP contribution in [0.15, 0.2) is 53.6 Å². The predicted octanol–water partition coefficient (Wildman–Crippen LogP) is 3.46. The maximum absolute atomic E-state index is 11.0. The van der Waals surface area contributed by atoms with Crippen LogP contribution in [-0.2, 0) is 4.74 Å². The van der Waals surface area contributed by atoms with Crippen molar-refractivity contribution in [2.75, 3.05) is 41.9 Å². The second-order valence-corrected chi connectivity index (χ2v) is 7.11. The van der Waals surface area contributed by atoms with Crippen LogP contribution in [0.25, 0.3) is 0 Å². The van der Waals surface area contributed by atoms with Crippen molar-refractivity contribution in [3.63, 3.8) is 0 Å². The van der Waals surface area contributed by atoms with E-state index in [1.54, 1.807) is 0 Å². The number of nitro groups is 1. The number of para-hydroxylation sites is 1. The highest BCUT2D eigenvalue weighted by molar-refractivity contribution is 6.33. The molecule has 1 aromatic heterocycles. The lowest BCUT2D eigenvalue weighted by molar-refractivity contribution is -0.384. The van der Waals surface area contributed by atoms with Gasteiger partial charge in [0.25, 0.3) is 5.69 Å². The maximum Gasteiger partial charge on any atom is 0.270 e. The smallest absolute Gasteiger partial charge is 0.270 e. The molecule has 0 amide bonds. The summed E-state index contributed by atoms with van der Waals surface area (Å²) in [4.78, 5) is 25.8. The predicted molar refractivity (Wildman–Crippen MR) is 122 cm³/mol. The minimum Gasteiger partial charge on any atom is -0.378 e. The molecule has 1 aliphatic heterocycles. The van der Waals surface area contributed by atoms with Crippen molar-refractivity contribution in [1.82, 2.24) is 15.0 Å². The molecular formula is C20H19ClN8O3. The Bertz CT molecular complexity index is 1120. The van der Waals surface area contributed by atoms with E-state index in [-0.39, 0.29) is 11.6 Å². The van der Waals surface area contributed by atoms with Crippen LogP contribution < -0.4 is 15.6 Å². The zero-order valence-electron chi connectivity index (χ0n) is 16.8. The summed E-state index contributed by atoms with van der Waals surface area (Å²) < 4.78 is 5.40. The van der Waals surface area contributed by atoms with Gasteiger partial charge in [-0.3, -0.25) is 10.1 Å². The van der Waals surface area contributed by atoms with Crippen LogP contribution in [0.4, 0.5) is 29.2 Å². The first-order chi connectivity index (χ1) is 15.6. The highest BCUT2D eigenvalue weighted by atomic mass is 35.5. The average molecular weight is 455 g/mol. The molecule has 3 aromatic rings. The first-order valence-corrected chi connectivity index (χ1v) is 10.1. The quantitative estimate of drug-likeness (QED) is 0.313. The van der Waals surface area contributed by atoms with E-state index in [0.29, 0.717) is 48.8 Å². The SMILES string of the molecule is O=[N+]([O-])c1ccc(Cl)c(/C=N\Nc2nc(Nc3ccccc3)nc(N3CCOCC3)n2)c1. The van der Waals surface area contributed by atoms with Crippen LogP contribution in [-0.4, -0.2) is 52.4 Å². The molecule has 164 valence electrons. The Morgan fingerprint density at radius 2 is 1.84 bits per heavy atom. The van der Waals surface area contributed by atoms with Crippen LogP contribution in [0.5, 0.6) is 0 Å². The molecule has 1 aliphatic rings. The number of halogens is 1. The maximum atomic E-state index is 11.0. The summed E-state index contributed by atoms with van der Waals surface area (Å²) in [5.74, 6) is 1.03. The lowest BCUT2D eigenvalue weighted by Gasteiger charge is -2.27. The fraction of sp³-hybridized carbons (Fsp3) is 0.200. The van der Waals surface area contributed by atoms with Gasteiger partial charge < -0.3 is 15.0 Å². The number of benzene rings is 2. The monoisotopic (exact) mass is 454 g/mol. The number of hydrogen-bond acceptors (Lipinski definition) is 10. The molecule has 32 heavy (non-hydrogen) atoms. The van der Waals surface area contributed by atoms with Crippen molar-refractivity contribution < 1.29 is 9.66 Å². The minimum absolute atomic E-state index is 0.0834. The third-order valence-electron chi connectivity index (χ3n) is 4.51. The molecule has 0 atom stereocenters. The van der Waals surface area contributed by atoms with Gasteiger partial charge in [0.2, 0.25) is 17.8 Å². The fourth-order valence-corrected chi connectivity index (χ4v) is 3.10. The van der Waals surface area contributed by atoms with E-state index >= 15 is 0 Å². The van der Waals surface area contributed by atoms with Crippen LogP contribution in [0, 0.1) is 10.1 Å². The van der Waals surface area contributed by atoms with E-state index in [2.05, 4.69) is 30.8 Å². The summed E-state index contributed by atoms with van der Waals surface area (Å²) in [6.07, 6.45) is 1.37. The van der Waals surface area contributed by atoms with Crippen molar-refractivity contribution in [2.24, 2.45) is 5.10 Å². The van der Waals surface area contributed by atoms with Gasteiger partial charge in [-0.25, -0.2) is 5.43 Å². The topological polar surface area (TPSA) is 131 Å². The average Bonchev–Trinajstić information content (AvgIpc) is 2.81. The Hall–Kier alpha value is -3.83. The van der Waals surface area contributed by atoms with E-state index in [1.807, 2.05) is 35.2 Å². The molecule has 12 heteroatoms. The van der Waals surface area contributed by atoms with E-state index in [4.69, 9.17) is 16.3 Å². The van der Waals surface area contributed by atoms with Crippen molar-refractivity contribution in [1.29, 1.82) is 0 Å². The molecular weight excluding hydrogens is 436 g/mol. The molecule has 2 aromatic carbocycles. The van der Waals surface area contributed by atoms with Gasteiger partial charge in [0.05, 0.1) is 24.4 Å². The molecule has 0 spiro atoms. The second-order valence-electron chi connectivity index (χ2n) is 6.71. The van der Waals surface area contributed by atoms with Gasteiger partial charge in [0, 0.05) is 41.5 Å². The number of nitrogens with zero attached hydrogens (tertiary/aromatic N) is 6. The highest BCUT2D eigenvalue weighted by Gasteiger charge is 2.17. The summed E-state index contributed by atoms with van der Waals surface area (Å²) in [5, 5.41) is 18.6. The highest BCUT2D eigenvalue weighted by Crippen LogP contribution is 2.21. The lowest BCUT2D eigenvalue weighted by atomic mass is 10.2. The largest absolute Gasteiger partial charge is 0.378 e. The van der Waals surface area contributed by atoms with Crippen LogP contribution >= 0.6 is 11.6 Å². The molecule has 2 N–H and O–H groups in total. The Kier molecular flexibility index (Phi) is 6.68. The van der Waals surface area contributed by atoms with Gasteiger partial charge in [-0.05, 0) is 18.2 Å². The summed E-state index contributed by atoms with van der Waals surface area (Å²) >= 11 is 6.11. The Balaban J connectivity index is 1.58. The first kappa shape index (κ1) is 21.4. The summed E-state index contributed by atoms with van der Waals surface area (Å²) in [6.45, 7) is 2.47. The van der Waals surface area contributed by atoms with E-state index in [0.717, 1.165) is 5.69 Å². The molecule has 1 saturated heterocycles. The molecule has 4 rings (SSSR count). The summed E-state index contributed by atoms with van der Waals surface area (Å²) in [5.41, 5.74) is 3.88. The number of rotatable bonds is 7. The summed E-state index contributed by atoms with van der Waals surface area (Å²) in [7, 11) is 0. The van der Waals surface area contributed by atoms with Gasteiger partial charge in [-0.15, -0.1) is 0 Å². The molecule has 0 unspecified atom stereocenters. The molecule has 1 fully saturated rings. The lowest BCUT2D eigenvalue weighted by Crippen LogP contribution is -2.37. The van der Waals surface area contributed by atoms with Gasteiger partial charge >= 0.3 is 0 Å². The van der Waals surface area contributed by atoms with Crippen LogP contribution in [0.1, 0.15) is 5.56 Å². The van der Waals surface area contributed by atoms with Crippen LogP contribution in [0.3, 0.4) is 0 Å². The Labute approximate surface area is 188 Å². The number of nitrogens with one attached hydrogen (secondary N) is 2.